The quantitative estimate of drug-likeness (QED) is 0.424. The second-order valence-corrected chi connectivity index (χ2v) is 2.09. The van der Waals surface area contributed by atoms with Crippen LogP contribution in [0.5, 0.6) is 0 Å². The maximum absolute atomic E-state index is 10.1. The summed E-state index contributed by atoms with van der Waals surface area (Å²) >= 11 is 0. The van der Waals surface area contributed by atoms with Crippen molar-refractivity contribution < 1.29 is 4.79 Å². The van der Waals surface area contributed by atoms with E-state index >= 15 is 0 Å². The number of hydrogen-bond acceptors (Lipinski definition) is 2. The molecule has 0 fully saturated rings. The fraction of sp³-hybridized carbons (Fsp3) is 0.571. The van der Waals surface area contributed by atoms with Crippen molar-refractivity contribution in [1.29, 1.82) is 0 Å². The molecule has 0 unspecified atom stereocenters. The molecule has 0 aliphatic rings. The van der Waals surface area contributed by atoms with Gasteiger partial charge < -0.3 is 11.5 Å². The van der Waals surface area contributed by atoms with Crippen molar-refractivity contribution in [3.8, 4) is 0 Å². The van der Waals surface area contributed by atoms with Crippen LogP contribution in [0.2, 0.25) is 0 Å². The number of carbonyl (C=O) groups excluding carboxylic acids is 1. The zero-order valence-electron chi connectivity index (χ0n) is 6.05. The molecule has 0 aromatic heterocycles. The van der Waals surface area contributed by atoms with Gasteiger partial charge in [0.25, 0.3) is 0 Å². The summed E-state index contributed by atoms with van der Waals surface area (Å²) in [5, 5.41) is 0. The number of allylic oxidation sites excluding steroid dienone is 1. The van der Waals surface area contributed by atoms with E-state index in [-0.39, 0.29) is 5.91 Å². The van der Waals surface area contributed by atoms with Gasteiger partial charge in [0.15, 0.2) is 0 Å². The minimum absolute atomic E-state index is 0.382. The van der Waals surface area contributed by atoms with E-state index in [1.54, 1.807) is 6.08 Å². The largest absolute Gasteiger partial charge is 0.366 e. The van der Waals surface area contributed by atoms with Crippen molar-refractivity contribution in [2.75, 3.05) is 6.54 Å². The Balaban J connectivity index is 3.10. The highest BCUT2D eigenvalue weighted by atomic mass is 16.1. The highest BCUT2D eigenvalue weighted by molar-refractivity contribution is 5.85. The Morgan fingerprint density at radius 3 is 2.60 bits per heavy atom. The maximum atomic E-state index is 10.1. The zero-order valence-corrected chi connectivity index (χ0v) is 6.05. The van der Waals surface area contributed by atoms with Crippen molar-refractivity contribution in [3.63, 3.8) is 0 Å². The van der Waals surface area contributed by atoms with Crippen LogP contribution in [-0.4, -0.2) is 12.5 Å². The van der Waals surface area contributed by atoms with Crippen LogP contribution >= 0.6 is 0 Å². The molecule has 0 saturated carbocycles. The van der Waals surface area contributed by atoms with E-state index in [0.717, 1.165) is 19.3 Å². The van der Waals surface area contributed by atoms with Crippen LogP contribution in [0.25, 0.3) is 0 Å². The minimum Gasteiger partial charge on any atom is -0.366 e. The van der Waals surface area contributed by atoms with Crippen molar-refractivity contribution in [2.45, 2.75) is 19.3 Å². The number of rotatable bonds is 5. The normalized spacial score (nSPS) is 10.5. The summed E-state index contributed by atoms with van der Waals surface area (Å²) < 4.78 is 0. The van der Waals surface area contributed by atoms with Crippen molar-refractivity contribution >= 4 is 5.91 Å². The van der Waals surface area contributed by atoms with Gasteiger partial charge in [0.1, 0.15) is 0 Å². The van der Waals surface area contributed by atoms with Gasteiger partial charge in [0, 0.05) is 0 Å². The van der Waals surface area contributed by atoms with Crippen LogP contribution in [0, 0.1) is 0 Å². The smallest absolute Gasteiger partial charge is 0.241 e. The molecule has 0 rings (SSSR count). The zero-order chi connectivity index (χ0) is 7.82. The molecule has 0 aliphatic heterocycles. The van der Waals surface area contributed by atoms with Crippen LogP contribution in [0.1, 0.15) is 19.3 Å². The number of carbonyl (C=O) groups is 1. The molecule has 0 radical (unpaired) electrons. The molecule has 1 amide bonds. The highest BCUT2D eigenvalue weighted by Crippen LogP contribution is 1.93. The number of nitrogens with two attached hydrogens (primary N) is 2. The Morgan fingerprint density at radius 1 is 1.40 bits per heavy atom. The van der Waals surface area contributed by atoms with Gasteiger partial charge in [-0.3, -0.25) is 4.79 Å². The monoisotopic (exact) mass is 142 g/mol. The van der Waals surface area contributed by atoms with E-state index in [0.29, 0.717) is 6.54 Å². The summed E-state index contributed by atoms with van der Waals surface area (Å²) in [6.07, 6.45) is 6.08. The predicted octanol–water partition coefficient (Wildman–Crippen LogP) is 0.157. The first-order valence-corrected chi connectivity index (χ1v) is 3.43. The van der Waals surface area contributed by atoms with E-state index in [1.807, 2.05) is 0 Å². The molecule has 3 heteroatoms. The summed E-state index contributed by atoms with van der Waals surface area (Å²) in [5.41, 5.74) is 10.1. The Morgan fingerprint density at radius 2 is 2.10 bits per heavy atom. The first-order chi connectivity index (χ1) is 4.77. The van der Waals surface area contributed by atoms with E-state index in [4.69, 9.17) is 11.5 Å². The molecule has 0 aliphatic carbocycles. The third-order valence-corrected chi connectivity index (χ3v) is 1.11. The average molecular weight is 142 g/mol. The molecule has 0 aromatic carbocycles. The minimum atomic E-state index is -0.382. The predicted molar refractivity (Wildman–Crippen MR) is 41.2 cm³/mol. The lowest BCUT2D eigenvalue weighted by Gasteiger charge is -1.89. The summed E-state index contributed by atoms with van der Waals surface area (Å²) in [6.45, 7) is 0.713. The molecule has 3 nitrogen and oxygen atoms in total. The summed E-state index contributed by atoms with van der Waals surface area (Å²) in [4.78, 5) is 10.1. The molecule has 0 saturated heterocycles. The number of unbranched alkanes of at least 4 members (excludes halogenated alkanes) is 2. The summed E-state index contributed by atoms with van der Waals surface area (Å²) in [7, 11) is 0. The Hall–Kier alpha value is -0.830. The maximum Gasteiger partial charge on any atom is 0.241 e. The van der Waals surface area contributed by atoms with E-state index in [9.17, 15) is 4.79 Å². The van der Waals surface area contributed by atoms with E-state index in [1.165, 1.54) is 6.08 Å². The van der Waals surface area contributed by atoms with Crippen LogP contribution in [0.4, 0.5) is 0 Å². The lowest BCUT2D eigenvalue weighted by Crippen LogP contribution is -2.05. The van der Waals surface area contributed by atoms with Crippen LogP contribution < -0.4 is 11.5 Å². The lowest BCUT2D eigenvalue weighted by atomic mass is 10.2. The molecular weight excluding hydrogens is 128 g/mol. The van der Waals surface area contributed by atoms with Crippen molar-refractivity contribution in [1.82, 2.24) is 0 Å². The summed E-state index contributed by atoms with van der Waals surface area (Å²) in [5.74, 6) is -0.382. The Bertz CT molecular complexity index is 121. The van der Waals surface area contributed by atoms with Crippen molar-refractivity contribution in [3.05, 3.63) is 12.2 Å². The average Bonchev–Trinajstić information content (AvgIpc) is 1.87. The first kappa shape index (κ1) is 9.17. The SMILES string of the molecule is NCCCCC=CC(N)=O. The number of primary amides is 1. The molecule has 0 aromatic rings. The molecule has 0 heterocycles. The highest BCUT2D eigenvalue weighted by Gasteiger charge is 1.83. The van der Waals surface area contributed by atoms with E-state index in [2.05, 4.69) is 0 Å². The number of amides is 1. The van der Waals surface area contributed by atoms with Gasteiger partial charge in [-0.25, -0.2) is 0 Å². The topological polar surface area (TPSA) is 69.1 Å². The summed E-state index contributed by atoms with van der Waals surface area (Å²) in [6, 6.07) is 0. The van der Waals surface area contributed by atoms with Crippen LogP contribution in [0.3, 0.4) is 0 Å². The van der Waals surface area contributed by atoms with Crippen LogP contribution in [0.15, 0.2) is 12.2 Å². The first-order valence-electron chi connectivity index (χ1n) is 3.43. The molecule has 4 N–H and O–H groups in total. The van der Waals surface area contributed by atoms with Gasteiger partial charge in [0.05, 0.1) is 0 Å². The van der Waals surface area contributed by atoms with Gasteiger partial charge in [0.2, 0.25) is 5.91 Å². The lowest BCUT2D eigenvalue weighted by molar-refractivity contribution is -0.113. The van der Waals surface area contributed by atoms with Crippen LogP contribution in [-0.2, 0) is 4.79 Å². The third kappa shape index (κ3) is 7.17. The Kier molecular flexibility index (Phi) is 5.77. The Labute approximate surface area is 61.1 Å². The molecule has 10 heavy (non-hydrogen) atoms. The van der Waals surface area contributed by atoms with E-state index < -0.39 is 0 Å². The molecular formula is C7H14N2O. The van der Waals surface area contributed by atoms with Gasteiger partial charge in [-0.2, -0.15) is 0 Å². The molecule has 0 bridgehead atoms. The second-order valence-electron chi connectivity index (χ2n) is 2.09. The fourth-order valence-electron chi connectivity index (χ4n) is 0.606. The standard InChI is InChI=1S/C7H14N2O/c8-6-4-2-1-3-5-7(9)10/h3,5H,1-2,4,6,8H2,(H2,9,10). The van der Waals surface area contributed by atoms with Crippen molar-refractivity contribution in [2.24, 2.45) is 11.5 Å². The molecule has 58 valence electrons. The van der Waals surface area contributed by atoms with Gasteiger partial charge in [-0.15, -0.1) is 0 Å². The molecule has 0 spiro atoms. The van der Waals surface area contributed by atoms with Gasteiger partial charge in [-0.05, 0) is 31.9 Å². The van der Waals surface area contributed by atoms with Gasteiger partial charge in [-0.1, -0.05) is 6.08 Å². The number of hydrogen-bond donors (Lipinski definition) is 2. The molecule has 0 atom stereocenters. The fourth-order valence-corrected chi connectivity index (χ4v) is 0.606. The second kappa shape index (κ2) is 6.29. The third-order valence-electron chi connectivity index (χ3n) is 1.11. The van der Waals surface area contributed by atoms with Gasteiger partial charge >= 0.3 is 0 Å².